The average Bonchev–Trinajstić information content (AvgIpc) is 4.20. The van der Waals surface area contributed by atoms with Crippen molar-refractivity contribution in [1.29, 1.82) is 0 Å². The van der Waals surface area contributed by atoms with Crippen molar-refractivity contribution in [2.45, 2.75) is 0 Å². The Morgan fingerprint density at radius 1 is 0.253 bits per heavy atom. The van der Waals surface area contributed by atoms with E-state index >= 15 is 0 Å². The lowest BCUT2D eigenvalue weighted by Gasteiger charge is -2.11. The Bertz CT molecular complexity index is 4310. The summed E-state index contributed by atoms with van der Waals surface area (Å²) in [5, 5.41) is 7.77. The molecule has 12 aromatic carbocycles. The zero-order valence-corrected chi connectivity index (χ0v) is 42.5. The van der Waals surface area contributed by atoms with Gasteiger partial charge in [0.1, 0.15) is 11.2 Å². The molecule has 0 radical (unpaired) electrons. The van der Waals surface area contributed by atoms with Crippen molar-refractivity contribution in [1.82, 2.24) is 4.57 Å². The van der Waals surface area contributed by atoms with E-state index in [0.717, 1.165) is 27.5 Å². The summed E-state index contributed by atoms with van der Waals surface area (Å²) in [6.45, 7) is 0. The first kappa shape index (κ1) is 43.1. The first-order valence-corrected chi connectivity index (χ1v) is 27.3. The highest BCUT2D eigenvalue weighted by molar-refractivity contribution is 6.73. The minimum atomic E-state index is -0.776. The SMILES string of the molecule is c1ccc(-c2ccc(-c3ccc(-c4ccc5c(c4)c4cc(-c6ccc(-c7ccc(-c8ccccc8)cc7)cc6)ccc4n5-c4ccc5c(c4)[SiH2]c4cc(-c6cccc7c6oc6ccccc67)ccc4-5)cc3)cc2)cc1. The molecular formula is C72H47NOSi. The number of fused-ring (bicyclic) bond motifs is 9. The third kappa shape index (κ3) is 7.47. The van der Waals surface area contributed by atoms with E-state index in [4.69, 9.17) is 4.42 Å². The van der Waals surface area contributed by atoms with Gasteiger partial charge in [-0.15, -0.1) is 0 Å². The molecule has 75 heavy (non-hydrogen) atoms. The van der Waals surface area contributed by atoms with Gasteiger partial charge in [0.15, 0.2) is 0 Å². The fourth-order valence-corrected chi connectivity index (χ4v) is 13.9. The van der Waals surface area contributed by atoms with Crippen LogP contribution in [0.2, 0.25) is 0 Å². The van der Waals surface area contributed by atoms with Crippen molar-refractivity contribution in [3.63, 3.8) is 0 Å². The van der Waals surface area contributed by atoms with Crippen LogP contribution in [0.1, 0.15) is 0 Å². The van der Waals surface area contributed by atoms with Crippen LogP contribution in [0.3, 0.4) is 0 Å². The summed E-state index contributed by atoms with van der Waals surface area (Å²) in [5.74, 6) is 0. The Balaban J connectivity index is 0.790. The van der Waals surface area contributed by atoms with Crippen molar-refractivity contribution < 1.29 is 4.42 Å². The standard InChI is InChI=1S/C72H47NOSi/c1-3-10-46(11-4-1)48-18-22-50(23-19-48)52-26-30-54(31-27-52)56-35-40-67-65(42-56)66-43-57(55-32-28-53(29-33-55)51-24-20-49(21-25-51)47-12-5-2-6-13-47)36-41-68(66)73(67)59-37-39-63-62-38-34-58(44-70(62)75-71(63)45-59)60-15-9-16-64-61-14-7-8-17-69(61)74-72(60)64/h1-45H,75H2. The van der Waals surface area contributed by atoms with Gasteiger partial charge in [0.2, 0.25) is 0 Å². The topological polar surface area (TPSA) is 18.1 Å². The van der Waals surface area contributed by atoms with Crippen molar-refractivity contribution in [3.8, 4) is 94.7 Å². The third-order valence-corrected chi connectivity index (χ3v) is 17.6. The fourth-order valence-electron chi connectivity index (χ4n) is 11.8. The van der Waals surface area contributed by atoms with Gasteiger partial charge in [-0.05, 0) is 126 Å². The lowest BCUT2D eigenvalue weighted by molar-refractivity contribution is 0.670. The smallest absolute Gasteiger partial charge is 0.143 e. The maximum Gasteiger partial charge on any atom is 0.143 e. The van der Waals surface area contributed by atoms with Crippen LogP contribution < -0.4 is 10.4 Å². The molecule has 0 saturated heterocycles. The second-order valence-corrected chi connectivity index (χ2v) is 21.9. The molecule has 0 atom stereocenters. The van der Waals surface area contributed by atoms with Crippen LogP contribution in [0, 0.1) is 0 Å². The van der Waals surface area contributed by atoms with Crippen LogP contribution in [-0.2, 0) is 0 Å². The van der Waals surface area contributed by atoms with E-state index < -0.39 is 9.52 Å². The molecule has 14 aromatic rings. The molecule has 0 N–H and O–H groups in total. The van der Waals surface area contributed by atoms with E-state index in [1.54, 1.807) is 0 Å². The van der Waals surface area contributed by atoms with Crippen LogP contribution in [0.25, 0.3) is 138 Å². The number of furan rings is 1. The number of rotatable bonds is 8. The van der Waals surface area contributed by atoms with Crippen LogP contribution in [0.4, 0.5) is 0 Å². The first-order valence-electron chi connectivity index (χ1n) is 25.9. The highest BCUT2D eigenvalue weighted by atomic mass is 28.2. The molecule has 1 aliphatic rings. The number of nitrogens with zero attached hydrogens (tertiary/aromatic N) is 1. The molecule has 15 rings (SSSR count). The van der Waals surface area contributed by atoms with E-state index in [2.05, 4.69) is 271 Å². The quantitative estimate of drug-likeness (QED) is 0.139. The predicted molar refractivity (Wildman–Crippen MR) is 319 cm³/mol. The van der Waals surface area contributed by atoms with E-state index in [-0.39, 0.29) is 0 Å². The van der Waals surface area contributed by atoms with Gasteiger partial charge in [0.05, 0.1) is 20.6 Å². The molecule has 0 unspecified atom stereocenters. The summed E-state index contributed by atoms with van der Waals surface area (Å²) in [6, 6.07) is 100. The lowest BCUT2D eigenvalue weighted by atomic mass is 9.96. The summed E-state index contributed by atoms with van der Waals surface area (Å²) in [6.07, 6.45) is 0. The minimum Gasteiger partial charge on any atom is -0.455 e. The second kappa shape index (κ2) is 17.6. The van der Waals surface area contributed by atoms with Crippen LogP contribution in [0.15, 0.2) is 277 Å². The first-order chi connectivity index (χ1) is 37.1. The summed E-state index contributed by atoms with van der Waals surface area (Å²) in [4.78, 5) is 0. The minimum absolute atomic E-state index is 0.776. The molecule has 1 aliphatic heterocycles. The highest BCUT2D eigenvalue weighted by Crippen LogP contribution is 2.40. The lowest BCUT2D eigenvalue weighted by Crippen LogP contribution is -2.21. The van der Waals surface area contributed by atoms with Crippen molar-refractivity contribution in [3.05, 3.63) is 273 Å². The summed E-state index contributed by atoms with van der Waals surface area (Å²) < 4.78 is 8.99. The zero-order valence-electron chi connectivity index (χ0n) is 41.0. The van der Waals surface area contributed by atoms with Gasteiger partial charge >= 0.3 is 0 Å². The van der Waals surface area contributed by atoms with Crippen molar-refractivity contribution in [2.75, 3.05) is 0 Å². The maximum absolute atomic E-state index is 6.49. The Labute approximate surface area is 437 Å². The molecule has 0 spiro atoms. The Morgan fingerprint density at radius 2 is 0.653 bits per heavy atom. The highest BCUT2D eigenvalue weighted by Gasteiger charge is 2.23. The van der Waals surface area contributed by atoms with Crippen molar-refractivity contribution in [2.24, 2.45) is 0 Å². The van der Waals surface area contributed by atoms with Gasteiger partial charge in [0.25, 0.3) is 0 Å². The van der Waals surface area contributed by atoms with Gasteiger partial charge in [0, 0.05) is 32.8 Å². The molecule has 350 valence electrons. The summed E-state index contributed by atoms with van der Waals surface area (Å²) in [5.41, 5.74) is 25.1. The van der Waals surface area contributed by atoms with E-state index in [1.807, 2.05) is 6.07 Å². The Kier molecular flexibility index (Phi) is 10.1. The average molecular weight is 970 g/mol. The Hall–Kier alpha value is -9.54. The number of hydrogen-bond acceptors (Lipinski definition) is 1. The third-order valence-electron chi connectivity index (χ3n) is 15.7. The van der Waals surface area contributed by atoms with Gasteiger partial charge in [-0.2, -0.15) is 0 Å². The predicted octanol–water partition coefficient (Wildman–Crippen LogP) is 17.5. The molecule has 3 heterocycles. The number of benzene rings is 12. The monoisotopic (exact) mass is 969 g/mol. The van der Waals surface area contributed by atoms with Gasteiger partial charge in [-0.3, -0.25) is 0 Å². The normalized spacial score (nSPS) is 12.3. The molecule has 2 aromatic heterocycles. The molecule has 0 aliphatic carbocycles. The fraction of sp³-hybridized carbons (Fsp3) is 0. The van der Waals surface area contributed by atoms with E-state index in [1.165, 1.54) is 121 Å². The maximum atomic E-state index is 6.49. The van der Waals surface area contributed by atoms with E-state index in [0.29, 0.717) is 0 Å². The van der Waals surface area contributed by atoms with E-state index in [9.17, 15) is 0 Å². The molecule has 0 amide bonds. The van der Waals surface area contributed by atoms with Crippen molar-refractivity contribution >= 4 is 63.6 Å². The van der Waals surface area contributed by atoms with Crippen LogP contribution in [-0.4, -0.2) is 14.1 Å². The number of aromatic nitrogens is 1. The molecular weight excluding hydrogens is 923 g/mol. The van der Waals surface area contributed by atoms with Crippen LogP contribution in [0.5, 0.6) is 0 Å². The molecule has 0 saturated carbocycles. The molecule has 3 heteroatoms. The number of para-hydroxylation sites is 2. The Morgan fingerprint density at radius 3 is 1.17 bits per heavy atom. The second-order valence-electron chi connectivity index (χ2n) is 20.0. The zero-order chi connectivity index (χ0) is 49.4. The van der Waals surface area contributed by atoms with Crippen LogP contribution >= 0.6 is 0 Å². The number of hydrogen-bond donors (Lipinski definition) is 0. The largest absolute Gasteiger partial charge is 0.455 e. The molecule has 0 fully saturated rings. The summed E-state index contributed by atoms with van der Waals surface area (Å²) >= 11 is 0. The summed E-state index contributed by atoms with van der Waals surface area (Å²) in [7, 11) is -0.776. The van der Waals surface area contributed by atoms with Gasteiger partial charge in [-0.25, -0.2) is 0 Å². The molecule has 2 nitrogen and oxygen atoms in total. The molecule has 0 bridgehead atoms. The van der Waals surface area contributed by atoms with Gasteiger partial charge in [-0.1, -0.05) is 241 Å². The van der Waals surface area contributed by atoms with Gasteiger partial charge < -0.3 is 8.98 Å².